The Balaban J connectivity index is 0.000000145. The lowest BCUT2D eigenvalue weighted by atomic mass is 10.2. The smallest absolute Gasteiger partial charge is 0.150 e. The number of nitrogens with zero attached hydrogens (tertiary/aromatic N) is 6. The molecule has 0 spiro atoms. The molecular formula is C36H28N6O2S. The van der Waals surface area contributed by atoms with Gasteiger partial charge >= 0.3 is 0 Å². The number of fused-ring (bicyclic) bond motifs is 2. The highest BCUT2D eigenvalue weighted by atomic mass is 32.1. The van der Waals surface area contributed by atoms with Gasteiger partial charge in [0.1, 0.15) is 23.9 Å². The van der Waals surface area contributed by atoms with Crippen molar-refractivity contribution in [3.05, 3.63) is 145 Å². The highest BCUT2D eigenvalue weighted by molar-refractivity contribution is 7.13. The lowest BCUT2D eigenvalue weighted by Crippen LogP contribution is -1.95. The maximum absolute atomic E-state index is 10.9. The Hall–Kier alpha value is -5.64. The molecule has 0 unspecified atom stereocenters. The third-order valence-corrected chi connectivity index (χ3v) is 8.27. The molecule has 0 amide bonds. The van der Waals surface area contributed by atoms with Gasteiger partial charge in [-0.25, -0.2) is 15.0 Å². The van der Waals surface area contributed by atoms with Gasteiger partial charge in [0.2, 0.25) is 0 Å². The van der Waals surface area contributed by atoms with Crippen LogP contribution in [0.1, 0.15) is 15.9 Å². The number of benzene rings is 4. The molecule has 0 saturated carbocycles. The van der Waals surface area contributed by atoms with E-state index in [0.29, 0.717) is 12.2 Å². The largest absolute Gasteiger partial charge is 0.380 e. The number of carbonyl (C=O) groups is 1. The van der Waals surface area contributed by atoms with Gasteiger partial charge in [-0.05, 0) is 78.4 Å². The van der Waals surface area contributed by atoms with E-state index in [4.69, 9.17) is 4.74 Å². The van der Waals surface area contributed by atoms with Crippen LogP contribution in [0, 0.1) is 0 Å². The molecule has 8 nitrogen and oxygen atoms in total. The molecular weight excluding hydrogens is 581 g/mol. The number of thiazole rings is 1. The Morgan fingerprint density at radius 1 is 0.733 bits per heavy atom. The molecule has 4 aromatic carbocycles. The van der Waals surface area contributed by atoms with Crippen LogP contribution in [-0.2, 0) is 11.3 Å². The molecule has 220 valence electrons. The molecule has 4 aromatic heterocycles. The number of aldehydes is 1. The highest BCUT2D eigenvalue weighted by Crippen LogP contribution is 2.26. The van der Waals surface area contributed by atoms with Gasteiger partial charge in [0.15, 0.2) is 0 Å². The van der Waals surface area contributed by atoms with Crippen LogP contribution in [0.3, 0.4) is 0 Å². The van der Waals surface area contributed by atoms with Crippen LogP contribution in [0.4, 0.5) is 0 Å². The van der Waals surface area contributed by atoms with E-state index in [-0.39, 0.29) is 0 Å². The quantitative estimate of drug-likeness (QED) is 0.172. The fourth-order valence-corrected chi connectivity index (χ4v) is 5.93. The lowest BCUT2D eigenvalue weighted by Gasteiger charge is -2.08. The summed E-state index contributed by atoms with van der Waals surface area (Å²) in [6.45, 7) is 0.600. The van der Waals surface area contributed by atoms with E-state index in [1.165, 1.54) is 0 Å². The summed E-state index contributed by atoms with van der Waals surface area (Å²) in [5.41, 5.74) is 9.95. The van der Waals surface area contributed by atoms with Crippen molar-refractivity contribution in [1.82, 2.24) is 28.7 Å². The number of hydrogen-bond donors (Lipinski definition) is 0. The van der Waals surface area contributed by atoms with Crippen LogP contribution in [0.5, 0.6) is 0 Å². The van der Waals surface area contributed by atoms with Gasteiger partial charge in [0.25, 0.3) is 0 Å². The predicted octanol–water partition coefficient (Wildman–Crippen LogP) is 7.92. The molecule has 0 N–H and O–H groups in total. The average molecular weight is 609 g/mol. The topological polar surface area (TPSA) is 79.8 Å². The first-order valence-electron chi connectivity index (χ1n) is 14.3. The second kappa shape index (κ2) is 12.5. The average Bonchev–Trinajstić information content (AvgIpc) is 3.92. The maximum Gasteiger partial charge on any atom is 0.150 e. The van der Waals surface area contributed by atoms with Gasteiger partial charge < -0.3 is 9.30 Å². The minimum atomic E-state index is 0.600. The molecule has 0 aliphatic carbocycles. The maximum atomic E-state index is 10.9. The van der Waals surface area contributed by atoms with E-state index in [1.54, 1.807) is 30.8 Å². The molecule has 4 heterocycles. The van der Waals surface area contributed by atoms with Crippen molar-refractivity contribution < 1.29 is 9.53 Å². The zero-order chi connectivity index (χ0) is 30.6. The fourth-order valence-electron chi connectivity index (χ4n) is 5.29. The van der Waals surface area contributed by atoms with Gasteiger partial charge in [0, 0.05) is 59.3 Å². The van der Waals surface area contributed by atoms with Crippen molar-refractivity contribution in [2.45, 2.75) is 6.61 Å². The highest BCUT2D eigenvalue weighted by Gasteiger charge is 2.09. The molecule has 0 aliphatic rings. The molecule has 0 saturated heterocycles. The molecule has 9 heteroatoms. The predicted molar refractivity (Wildman–Crippen MR) is 179 cm³/mol. The van der Waals surface area contributed by atoms with E-state index in [1.807, 2.05) is 71.3 Å². The third-order valence-electron chi connectivity index (χ3n) is 7.44. The van der Waals surface area contributed by atoms with E-state index >= 15 is 0 Å². The second-order valence-corrected chi connectivity index (χ2v) is 11.2. The van der Waals surface area contributed by atoms with Gasteiger partial charge in [-0.3, -0.25) is 13.9 Å². The van der Waals surface area contributed by atoms with E-state index < -0.39 is 0 Å². The van der Waals surface area contributed by atoms with Crippen molar-refractivity contribution in [2.75, 3.05) is 7.11 Å². The fraction of sp³-hybridized carbons (Fsp3) is 0.0556. The van der Waals surface area contributed by atoms with Gasteiger partial charge in [-0.15, -0.1) is 11.3 Å². The van der Waals surface area contributed by atoms with E-state index in [2.05, 4.69) is 78.7 Å². The van der Waals surface area contributed by atoms with Crippen molar-refractivity contribution in [1.29, 1.82) is 0 Å². The van der Waals surface area contributed by atoms with Crippen LogP contribution < -0.4 is 0 Å². The van der Waals surface area contributed by atoms with Gasteiger partial charge in [0.05, 0.1) is 28.7 Å². The van der Waals surface area contributed by atoms with Gasteiger partial charge in [-0.1, -0.05) is 24.3 Å². The van der Waals surface area contributed by atoms with Crippen LogP contribution >= 0.6 is 11.3 Å². The van der Waals surface area contributed by atoms with Crippen LogP contribution in [0.15, 0.2) is 134 Å². The SMILES string of the molecule is COCc1ccc2c(c1)ncn2-c1cccc(-c2nccs2)c1.O=Cc1ccc2c(c1)ncn2-c1cccc(-n2cccc2)c1. The number of ether oxygens (including phenoxy) is 1. The molecule has 0 bridgehead atoms. The summed E-state index contributed by atoms with van der Waals surface area (Å²) in [7, 11) is 1.70. The Labute approximate surface area is 263 Å². The van der Waals surface area contributed by atoms with Gasteiger partial charge in [-0.2, -0.15) is 0 Å². The summed E-state index contributed by atoms with van der Waals surface area (Å²) in [4.78, 5) is 24.2. The minimum Gasteiger partial charge on any atom is -0.380 e. The molecule has 0 radical (unpaired) electrons. The Morgan fingerprint density at radius 2 is 1.42 bits per heavy atom. The standard InChI is InChI=1S/C18H15N3OS.C18H13N3O/c1-22-11-13-5-6-17-16(9-13)20-12-21(17)15-4-2-3-14(10-15)18-19-7-8-23-18;22-12-14-6-7-18-17(10-14)19-13-21(18)16-5-3-4-15(11-16)20-8-1-2-9-20/h2-10,12H,11H2,1H3;1-13H. The number of rotatable bonds is 7. The summed E-state index contributed by atoms with van der Waals surface area (Å²) in [6.07, 6.45) is 10.3. The van der Waals surface area contributed by atoms with Crippen LogP contribution in [-0.4, -0.2) is 42.0 Å². The summed E-state index contributed by atoms with van der Waals surface area (Å²) in [5, 5.41) is 3.02. The van der Waals surface area contributed by atoms with E-state index in [9.17, 15) is 4.79 Å². The third kappa shape index (κ3) is 5.82. The molecule has 8 rings (SSSR count). The zero-order valence-electron chi connectivity index (χ0n) is 24.4. The number of imidazole rings is 2. The number of hydrogen-bond acceptors (Lipinski definition) is 6. The lowest BCUT2D eigenvalue weighted by molar-refractivity contribution is 0.112. The molecule has 8 aromatic rings. The van der Waals surface area contributed by atoms with Crippen molar-refractivity contribution in [3.63, 3.8) is 0 Å². The van der Waals surface area contributed by atoms with Crippen molar-refractivity contribution in [3.8, 4) is 27.6 Å². The summed E-state index contributed by atoms with van der Waals surface area (Å²) in [6, 6.07) is 32.4. The number of aromatic nitrogens is 6. The first-order chi connectivity index (χ1) is 22.2. The van der Waals surface area contributed by atoms with Crippen molar-refractivity contribution >= 4 is 39.7 Å². The summed E-state index contributed by atoms with van der Waals surface area (Å²) < 4.78 is 11.4. The Kier molecular flexibility index (Phi) is 7.84. The monoisotopic (exact) mass is 608 g/mol. The molecule has 0 aliphatic heterocycles. The Bertz CT molecular complexity index is 2210. The zero-order valence-corrected chi connectivity index (χ0v) is 25.2. The summed E-state index contributed by atoms with van der Waals surface area (Å²) in [5.74, 6) is 0. The Morgan fingerprint density at radius 3 is 2.13 bits per heavy atom. The first-order valence-corrected chi connectivity index (χ1v) is 15.2. The number of methoxy groups -OCH3 is 1. The normalized spacial score (nSPS) is 11.0. The van der Waals surface area contributed by atoms with Crippen molar-refractivity contribution in [2.24, 2.45) is 0 Å². The van der Waals surface area contributed by atoms with E-state index in [0.717, 1.165) is 61.5 Å². The summed E-state index contributed by atoms with van der Waals surface area (Å²) >= 11 is 1.64. The second-order valence-electron chi connectivity index (χ2n) is 10.3. The molecule has 45 heavy (non-hydrogen) atoms. The van der Waals surface area contributed by atoms with Crippen LogP contribution in [0.25, 0.3) is 49.7 Å². The minimum absolute atomic E-state index is 0.600. The molecule has 0 fully saturated rings. The molecule has 0 atom stereocenters. The van der Waals surface area contributed by atoms with Crippen LogP contribution in [0.2, 0.25) is 0 Å². The number of carbonyl (C=O) groups excluding carboxylic acids is 1. The first kappa shape index (κ1) is 28.1.